The number of methoxy groups -OCH3 is 1. The highest BCUT2D eigenvalue weighted by molar-refractivity contribution is 5.47. The molecular weight excluding hydrogens is 233 g/mol. The minimum atomic E-state index is -0.355. The Morgan fingerprint density at radius 2 is 2.11 bits per heavy atom. The van der Waals surface area contributed by atoms with Gasteiger partial charge in [-0.05, 0) is 19.9 Å². The number of benzene rings is 1. The monoisotopic (exact) mass is 249 g/mol. The summed E-state index contributed by atoms with van der Waals surface area (Å²) in [4.78, 5) is 0. The van der Waals surface area contributed by atoms with Crippen LogP contribution >= 0.6 is 0 Å². The predicted molar refractivity (Wildman–Crippen MR) is 68.2 cm³/mol. The van der Waals surface area contributed by atoms with Gasteiger partial charge in [-0.1, -0.05) is 12.1 Å². The minimum absolute atomic E-state index is 0.238. The summed E-state index contributed by atoms with van der Waals surface area (Å²) in [5, 5.41) is 4.29. The van der Waals surface area contributed by atoms with E-state index in [1.807, 2.05) is 13.8 Å². The first-order valence-electron chi connectivity index (χ1n) is 5.65. The number of rotatable bonds is 3. The van der Waals surface area contributed by atoms with Gasteiger partial charge in [-0.25, -0.2) is 4.39 Å². The molecular formula is C13H16FN3O. The fraction of sp³-hybridized carbons (Fsp3) is 0.308. The predicted octanol–water partition coefficient (Wildman–Crippen LogP) is 2.28. The van der Waals surface area contributed by atoms with Crippen molar-refractivity contribution in [1.29, 1.82) is 0 Å². The number of aromatic nitrogens is 2. The van der Waals surface area contributed by atoms with Gasteiger partial charge in [-0.15, -0.1) is 0 Å². The van der Waals surface area contributed by atoms with Crippen molar-refractivity contribution >= 4 is 5.69 Å². The van der Waals surface area contributed by atoms with Gasteiger partial charge in [0.2, 0.25) is 0 Å². The standard InChI is InChI=1S/C13H16FN3O/c1-8-13(15)9(2)17(16-8)7-10-5-4-6-11(18-3)12(10)14/h4-6H,7,15H2,1-3H3. The Balaban J connectivity index is 2.37. The highest BCUT2D eigenvalue weighted by Crippen LogP contribution is 2.22. The topological polar surface area (TPSA) is 53.1 Å². The Bertz CT molecular complexity index is 578. The number of anilines is 1. The van der Waals surface area contributed by atoms with E-state index < -0.39 is 0 Å². The SMILES string of the molecule is COc1cccc(Cn2nc(C)c(N)c2C)c1F. The summed E-state index contributed by atoms with van der Waals surface area (Å²) in [5.41, 5.74) is 8.63. The molecule has 0 atom stereocenters. The number of hydrogen-bond acceptors (Lipinski definition) is 3. The van der Waals surface area contributed by atoms with Gasteiger partial charge in [0.1, 0.15) is 0 Å². The van der Waals surface area contributed by atoms with E-state index in [1.165, 1.54) is 7.11 Å². The molecule has 0 bridgehead atoms. The second-order valence-corrected chi connectivity index (χ2v) is 4.18. The van der Waals surface area contributed by atoms with Gasteiger partial charge in [-0.2, -0.15) is 5.10 Å². The van der Waals surface area contributed by atoms with Crippen molar-refractivity contribution in [2.75, 3.05) is 12.8 Å². The molecule has 0 aliphatic rings. The van der Waals surface area contributed by atoms with Gasteiger partial charge < -0.3 is 10.5 Å². The summed E-state index contributed by atoms with van der Waals surface area (Å²) in [6.45, 7) is 4.04. The molecule has 0 saturated carbocycles. The van der Waals surface area contributed by atoms with E-state index in [0.29, 0.717) is 17.8 Å². The van der Waals surface area contributed by atoms with Crippen LogP contribution in [0, 0.1) is 19.7 Å². The maximum absolute atomic E-state index is 14.0. The van der Waals surface area contributed by atoms with Crippen LogP contribution in [-0.2, 0) is 6.54 Å². The molecule has 2 aromatic rings. The van der Waals surface area contributed by atoms with E-state index in [0.717, 1.165) is 11.4 Å². The first-order valence-corrected chi connectivity index (χ1v) is 5.65. The van der Waals surface area contributed by atoms with E-state index in [4.69, 9.17) is 10.5 Å². The van der Waals surface area contributed by atoms with Crippen LogP contribution in [0.4, 0.5) is 10.1 Å². The molecule has 0 unspecified atom stereocenters. The van der Waals surface area contributed by atoms with E-state index >= 15 is 0 Å². The van der Waals surface area contributed by atoms with Crippen molar-refractivity contribution < 1.29 is 9.13 Å². The minimum Gasteiger partial charge on any atom is -0.494 e. The molecule has 0 amide bonds. The van der Waals surface area contributed by atoms with Crippen LogP contribution in [-0.4, -0.2) is 16.9 Å². The fourth-order valence-corrected chi connectivity index (χ4v) is 1.86. The van der Waals surface area contributed by atoms with Gasteiger partial charge in [-0.3, -0.25) is 4.68 Å². The van der Waals surface area contributed by atoms with Crippen molar-refractivity contribution in [2.24, 2.45) is 0 Å². The Kier molecular flexibility index (Phi) is 3.23. The second-order valence-electron chi connectivity index (χ2n) is 4.18. The molecule has 18 heavy (non-hydrogen) atoms. The van der Waals surface area contributed by atoms with Crippen molar-refractivity contribution in [3.05, 3.63) is 41.0 Å². The first-order chi connectivity index (χ1) is 8.54. The summed E-state index contributed by atoms with van der Waals surface area (Å²) in [7, 11) is 1.45. The van der Waals surface area contributed by atoms with E-state index in [9.17, 15) is 4.39 Å². The van der Waals surface area contributed by atoms with Gasteiger partial charge in [0.25, 0.3) is 0 Å². The molecule has 0 spiro atoms. The molecule has 0 saturated heterocycles. The van der Waals surface area contributed by atoms with E-state index in [-0.39, 0.29) is 11.6 Å². The Morgan fingerprint density at radius 1 is 1.39 bits per heavy atom. The largest absolute Gasteiger partial charge is 0.494 e. The summed E-state index contributed by atoms with van der Waals surface area (Å²) in [6, 6.07) is 5.06. The van der Waals surface area contributed by atoms with Crippen LogP contribution in [0.15, 0.2) is 18.2 Å². The molecule has 0 aliphatic heterocycles. The lowest BCUT2D eigenvalue weighted by Gasteiger charge is -2.08. The zero-order valence-electron chi connectivity index (χ0n) is 10.7. The highest BCUT2D eigenvalue weighted by atomic mass is 19.1. The van der Waals surface area contributed by atoms with Gasteiger partial charge >= 0.3 is 0 Å². The molecule has 0 fully saturated rings. The molecule has 1 heterocycles. The highest BCUT2D eigenvalue weighted by Gasteiger charge is 2.12. The Hall–Kier alpha value is -2.04. The lowest BCUT2D eigenvalue weighted by molar-refractivity contribution is 0.383. The summed E-state index contributed by atoms with van der Waals surface area (Å²) in [5.74, 6) is -0.117. The molecule has 0 aliphatic carbocycles. The number of nitrogens with zero attached hydrogens (tertiary/aromatic N) is 2. The molecule has 0 radical (unpaired) electrons. The van der Waals surface area contributed by atoms with E-state index in [1.54, 1.807) is 22.9 Å². The Morgan fingerprint density at radius 3 is 2.67 bits per heavy atom. The van der Waals surface area contributed by atoms with Crippen molar-refractivity contribution in [3.63, 3.8) is 0 Å². The van der Waals surface area contributed by atoms with Crippen LogP contribution < -0.4 is 10.5 Å². The molecule has 1 aromatic carbocycles. The Labute approximate surface area is 105 Å². The van der Waals surface area contributed by atoms with Crippen LogP contribution in [0.5, 0.6) is 5.75 Å². The number of aryl methyl sites for hydroxylation is 1. The zero-order chi connectivity index (χ0) is 13.3. The second kappa shape index (κ2) is 4.68. The van der Waals surface area contributed by atoms with Crippen molar-refractivity contribution in [3.8, 4) is 5.75 Å². The van der Waals surface area contributed by atoms with Gasteiger partial charge in [0, 0.05) is 5.56 Å². The third-order valence-electron chi connectivity index (χ3n) is 3.02. The normalized spacial score (nSPS) is 10.7. The number of hydrogen-bond donors (Lipinski definition) is 1. The summed E-state index contributed by atoms with van der Waals surface area (Å²) < 4.78 is 20.7. The lowest BCUT2D eigenvalue weighted by atomic mass is 10.2. The molecule has 5 heteroatoms. The summed E-state index contributed by atoms with van der Waals surface area (Å²) in [6.07, 6.45) is 0. The lowest BCUT2D eigenvalue weighted by Crippen LogP contribution is -2.06. The molecule has 4 nitrogen and oxygen atoms in total. The van der Waals surface area contributed by atoms with Crippen LogP contribution in [0.25, 0.3) is 0 Å². The number of nitrogens with two attached hydrogens (primary N) is 1. The average molecular weight is 249 g/mol. The first kappa shape index (κ1) is 12.4. The van der Waals surface area contributed by atoms with Crippen LogP contribution in [0.1, 0.15) is 17.0 Å². The molecule has 2 N–H and O–H groups in total. The van der Waals surface area contributed by atoms with Crippen molar-refractivity contribution in [1.82, 2.24) is 9.78 Å². The molecule has 96 valence electrons. The maximum Gasteiger partial charge on any atom is 0.170 e. The third-order valence-corrected chi connectivity index (χ3v) is 3.02. The average Bonchev–Trinajstić information content (AvgIpc) is 2.60. The molecule has 2 rings (SSSR count). The fourth-order valence-electron chi connectivity index (χ4n) is 1.86. The quantitative estimate of drug-likeness (QED) is 0.908. The number of halogens is 1. The van der Waals surface area contributed by atoms with Gasteiger partial charge in [0.15, 0.2) is 11.6 Å². The smallest absolute Gasteiger partial charge is 0.170 e. The van der Waals surface area contributed by atoms with E-state index in [2.05, 4.69) is 5.10 Å². The summed E-state index contributed by atoms with van der Waals surface area (Å²) >= 11 is 0. The van der Waals surface area contributed by atoms with Crippen molar-refractivity contribution in [2.45, 2.75) is 20.4 Å². The van der Waals surface area contributed by atoms with Crippen LogP contribution in [0.3, 0.4) is 0 Å². The van der Waals surface area contributed by atoms with Crippen LogP contribution in [0.2, 0.25) is 0 Å². The maximum atomic E-state index is 14.0. The third kappa shape index (κ3) is 2.03. The zero-order valence-corrected chi connectivity index (χ0v) is 10.7. The number of nitrogen functional groups attached to an aromatic ring is 1. The van der Waals surface area contributed by atoms with Gasteiger partial charge in [0.05, 0.1) is 30.7 Å². The number of ether oxygens (including phenoxy) is 1. The molecule has 1 aromatic heterocycles.